The summed E-state index contributed by atoms with van der Waals surface area (Å²) in [7, 11) is 0. The maximum atomic E-state index is 5.80. The Balaban J connectivity index is 2.11. The molecule has 0 heterocycles. The van der Waals surface area contributed by atoms with Crippen molar-refractivity contribution >= 4 is 20.7 Å². The van der Waals surface area contributed by atoms with Crippen molar-refractivity contribution in [3.05, 3.63) is 0 Å². The predicted molar refractivity (Wildman–Crippen MR) is 99.6 cm³/mol. The Labute approximate surface area is 146 Å². The fourth-order valence-electron chi connectivity index (χ4n) is 3.75. The fourth-order valence-corrected chi connectivity index (χ4v) is 4.04. The standard InChI is InChI=1S/C19H37N2Se/c1-2-3-4-5-6-7-8-9-13-16-18(21-19(20)22)17-14-11-10-12-15-17/h17-18H,2-16H2,1H3,(H2,20,21). The minimum atomic E-state index is 0.478. The van der Waals surface area contributed by atoms with Gasteiger partial charge < -0.3 is 0 Å². The molecule has 0 saturated heterocycles. The summed E-state index contributed by atoms with van der Waals surface area (Å²) in [5.41, 5.74) is 5.80. The number of rotatable bonds is 12. The van der Waals surface area contributed by atoms with Crippen LogP contribution in [0.4, 0.5) is 0 Å². The molecule has 0 aromatic carbocycles. The van der Waals surface area contributed by atoms with E-state index in [2.05, 4.69) is 22.9 Å². The van der Waals surface area contributed by atoms with E-state index in [0.29, 0.717) is 10.8 Å². The number of hydrogen-bond acceptors (Lipinski definition) is 1. The summed E-state index contributed by atoms with van der Waals surface area (Å²) >= 11 is 2.87. The molecule has 1 aliphatic carbocycles. The fraction of sp³-hybridized carbons (Fsp3) is 0.947. The molecule has 2 N–H and O–H groups in total. The molecule has 1 saturated carbocycles. The Morgan fingerprint density at radius 1 is 0.955 bits per heavy atom. The van der Waals surface area contributed by atoms with Gasteiger partial charge in [0, 0.05) is 0 Å². The molecule has 0 aromatic heterocycles. The topological polar surface area (TPSA) is 38.4 Å². The summed E-state index contributed by atoms with van der Waals surface area (Å²) < 4.78 is 0.659. The average Bonchev–Trinajstić information content (AvgIpc) is 2.52. The van der Waals surface area contributed by atoms with E-state index in [1.807, 2.05) is 0 Å². The normalized spacial score (nSPS) is 18.5. The Morgan fingerprint density at radius 3 is 2.05 bits per heavy atom. The van der Waals surface area contributed by atoms with Gasteiger partial charge >= 0.3 is 133 Å². The van der Waals surface area contributed by atoms with E-state index < -0.39 is 0 Å². The van der Waals surface area contributed by atoms with Gasteiger partial charge in [0.2, 0.25) is 0 Å². The molecule has 1 rings (SSSR count). The second-order valence-corrected chi connectivity index (χ2v) is 7.93. The molecule has 1 unspecified atom stereocenters. The summed E-state index contributed by atoms with van der Waals surface area (Å²) in [4.78, 5) is 4.71. The van der Waals surface area contributed by atoms with Gasteiger partial charge in [-0.25, -0.2) is 0 Å². The van der Waals surface area contributed by atoms with Gasteiger partial charge in [-0.3, -0.25) is 0 Å². The Kier molecular flexibility index (Phi) is 12.2. The first-order chi connectivity index (χ1) is 10.7. The molecule has 1 radical (unpaired) electrons. The van der Waals surface area contributed by atoms with Crippen LogP contribution in [-0.4, -0.2) is 26.8 Å². The van der Waals surface area contributed by atoms with Crippen LogP contribution >= 0.6 is 0 Å². The number of aliphatic imine (C=N–C) groups is 1. The van der Waals surface area contributed by atoms with E-state index in [9.17, 15) is 0 Å². The SMILES string of the molecule is CCCCCCCCCCCC(N=C(N)[Se])C1CCCCC1. The van der Waals surface area contributed by atoms with Crippen molar-refractivity contribution in [2.45, 2.75) is 109 Å². The van der Waals surface area contributed by atoms with E-state index in [0.717, 1.165) is 5.92 Å². The molecule has 1 fully saturated rings. The molecule has 22 heavy (non-hydrogen) atoms. The first-order valence-electron chi connectivity index (χ1n) is 9.74. The molecule has 0 amide bonds. The van der Waals surface area contributed by atoms with E-state index in [1.165, 1.54) is 96.3 Å². The minimum absolute atomic E-state index is 0.478. The first kappa shape index (κ1) is 20.0. The number of nitrogens with zero attached hydrogens (tertiary/aromatic N) is 1. The maximum absolute atomic E-state index is 5.80. The first-order valence-corrected chi connectivity index (χ1v) is 10.6. The van der Waals surface area contributed by atoms with Crippen molar-refractivity contribution in [3.63, 3.8) is 0 Å². The van der Waals surface area contributed by atoms with Gasteiger partial charge in [-0.15, -0.1) is 0 Å². The molecule has 0 aliphatic heterocycles. The van der Waals surface area contributed by atoms with Gasteiger partial charge in [0.1, 0.15) is 0 Å². The molecule has 1 atom stereocenters. The Bertz CT molecular complexity index is 281. The van der Waals surface area contributed by atoms with Gasteiger partial charge in [0.25, 0.3) is 0 Å². The van der Waals surface area contributed by atoms with Crippen molar-refractivity contribution in [2.75, 3.05) is 0 Å². The monoisotopic (exact) mass is 373 g/mol. The van der Waals surface area contributed by atoms with Gasteiger partial charge in [0.15, 0.2) is 0 Å². The molecule has 129 valence electrons. The third-order valence-corrected chi connectivity index (χ3v) is 5.31. The van der Waals surface area contributed by atoms with Crippen molar-refractivity contribution in [1.82, 2.24) is 0 Å². The van der Waals surface area contributed by atoms with E-state index in [-0.39, 0.29) is 0 Å². The second kappa shape index (κ2) is 13.4. The number of hydrogen-bond donors (Lipinski definition) is 1. The summed E-state index contributed by atoms with van der Waals surface area (Å²) in [6.45, 7) is 2.28. The summed E-state index contributed by atoms with van der Waals surface area (Å²) in [6, 6.07) is 0.478. The van der Waals surface area contributed by atoms with E-state index in [4.69, 9.17) is 10.7 Å². The third kappa shape index (κ3) is 9.90. The van der Waals surface area contributed by atoms with Crippen LogP contribution in [0.1, 0.15) is 103 Å². The summed E-state index contributed by atoms with van der Waals surface area (Å²) in [5, 5.41) is 0. The number of amidine groups is 1. The Hall–Kier alpha value is -0.0105. The zero-order chi connectivity index (χ0) is 16.0. The summed E-state index contributed by atoms with van der Waals surface area (Å²) in [5.74, 6) is 0.787. The molecule has 0 aromatic rings. The van der Waals surface area contributed by atoms with Crippen molar-refractivity contribution in [3.8, 4) is 0 Å². The van der Waals surface area contributed by atoms with Crippen LogP contribution < -0.4 is 5.73 Å². The quantitative estimate of drug-likeness (QED) is 0.214. The number of unbranched alkanes of at least 4 members (excludes halogenated alkanes) is 8. The van der Waals surface area contributed by atoms with Crippen LogP contribution in [0.5, 0.6) is 0 Å². The number of nitrogens with two attached hydrogens (primary N) is 1. The second-order valence-electron chi connectivity index (χ2n) is 7.05. The zero-order valence-electron chi connectivity index (χ0n) is 14.7. The van der Waals surface area contributed by atoms with Crippen LogP contribution in [0.15, 0.2) is 4.99 Å². The van der Waals surface area contributed by atoms with E-state index >= 15 is 0 Å². The molecule has 3 heteroatoms. The van der Waals surface area contributed by atoms with Crippen LogP contribution in [-0.2, 0) is 0 Å². The van der Waals surface area contributed by atoms with Crippen LogP contribution in [0, 0.1) is 5.92 Å². The zero-order valence-corrected chi connectivity index (χ0v) is 16.4. The van der Waals surface area contributed by atoms with E-state index in [1.54, 1.807) is 0 Å². The molecule has 2 nitrogen and oxygen atoms in total. The average molecular weight is 372 g/mol. The third-order valence-electron chi connectivity index (χ3n) is 5.09. The van der Waals surface area contributed by atoms with Gasteiger partial charge in [-0.05, 0) is 0 Å². The molecule has 0 bridgehead atoms. The molecular formula is C19H37N2Se. The van der Waals surface area contributed by atoms with Gasteiger partial charge in [-0.1, -0.05) is 13.3 Å². The summed E-state index contributed by atoms with van der Waals surface area (Å²) in [6.07, 6.45) is 20.7. The van der Waals surface area contributed by atoms with Crippen LogP contribution in [0.25, 0.3) is 0 Å². The van der Waals surface area contributed by atoms with Crippen LogP contribution in [0.3, 0.4) is 0 Å². The molecular weight excluding hydrogens is 335 g/mol. The van der Waals surface area contributed by atoms with Crippen molar-refractivity contribution in [1.29, 1.82) is 0 Å². The molecule has 0 spiro atoms. The van der Waals surface area contributed by atoms with Crippen molar-refractivity contribution in [2.24, 2.45) is 16.6 Å². The van der Waals surface area contributed by atoms with Gasteiger partial charge in [-0.2, -0.15) is 0 Å². The molecule has 1 aliphatic rings. The van der Waals surface area contributed by atoms with Gasteiger partial charge in [0.05, 0.1) is 0 Å². The van der Waals surface area contributed by atoms with Crippen molar-refractivity contribution < 1.29 is 0 Å². The predicted octanol–water partition coefficient (Wildman–Crippen LogP) is 5.34. The Morgan fingerprint density at radius 2 is 1.50 bits per heavy atom. The van der Waals surface area contributed by atoms with Crippen LogP contribution in [0.2, 0.25) is 0 Å².